The number of hydrazine groups is 1. The predicted molar refractivity (Wildman–Crippen MR) is 87.1 cm³/mol. The van der Waals surface area contributed by atoms with Crippen LogP contribution in [0.2, 0.25) is 0 Å². The van der Waals surface area contributed by atoms with Gasteiger partial charge in [-0.1, -0.05) is 30.3 Å². The van der Waals surface area contributed by atoms with E-state index in [2.05, 4.69) is 31.8 Å². The van der Waals surface area contributed by atoms with Crippen molar-refractivity contribution >= 4 is 33.4 Å². The largest absolute Gasteiger partial charge is 0.419 e. The number of aromatic nitrogens is 1. The van der Waals surface area contributed by atoms with E-state index in [4.69, 9.17) is 5.73 Å². The van der Waals surface area contributed by atoms with Crippen molar-refractivity contribution < 1.29 is 22.8 Å². The van der Waals surface area contributed by atoms with Gasteiger partial charge in [0.15, 0.2) is 5.69 Å². The average Bonchev–Trinajstić information content (AvgIpc) is 2.54. The van der Waals surface area contributed by atoms with Crippen LogP contribution < -0.4 is 16.6 Å². The van der Waals surface area contributed by atoms with Crippen LogP contribution in [0.1, 0.15) is 21.6 Å². The first-order valence-corrected chi connectivity index (χ1v) is 7.64. The molecule has 0 atom stereocenters. The van der Waals surface area contributed by atoms with Gasteiger partial charge >= 0.3 is 6.18 Å². The minimum absolute atomic E-state index is 0.0146. The number of rotatable bonds is 3. The summed E-state index contributed by atoms with van der Waals surface area (Å²) in [6.07, 6.45) is -4.65. The van der Waals surface area contributed by atoms with Crippen molar-refractivity contribution in [2.75, 3.05) is 5.73 Å². The van der Waals surface area contributed by atoms with Crippen molar-refractivity contribution in [3.05, 3.63) is 57.8 Å². The molecule has 2 rings (SSSR count). The molecule has 0 fully saturated rings. The van der Waals surface area contributed by atoms with Crippen molar-refractivity contribution in [3.8, 4) is 0 Å². The van der Waals surface area contributed by atoms with Crippen molar-refractivity contribution in [1.82, 2.24) is 15.8 Å². The number of amides is 2. The normalized spacial score (nSPS) is 11.0. The first-order chi connectivity index (χ1) is 11.7. The summed E-state index contributed by atoms with van der Waals surface area (Å²) >= 11 is 2.66. The van der Waals surface area contributed by atoms with E-state index >= 15 is 0 Å². The number of nitrogens with two attached hydrogens (primary N) is 1. The lowest BCUT2D eigenvalue weighted by molar-refractivity contribution is -0.138. The number of hydrogen-bond donors (Lipinski definition) is 3. The molecule has 10 heteroatoms. The molecule has 4 N–H and O–H groups in total. The summed E-state index contributed by atoms with van der Waals surface area (Å²) in [4.78, 5) is 27.2. The number of anilines is 1. The highest BCUT2D eigenvalue weighted by Gasteiger charge is 2.35. The molecule has 1 aromatic carbocycles. The van der Waals surface area contributed by atoms with Gasteiger partial charge in [0.2, 0.25) is 5.91 Å². The molecule has 1 aromatic heterocycles. The van der Waals surface area contributed by atoms with Crippen LogP contribution in [0, 0.1) is 0 Å². The lowest BCUT2D eigenvalue weighted by atomic mass is 10.1. The number of alkyl halides is 3. The van der Waals surface area contributed by atoms with E-state index in [-0.39, 0.29) is 6.42 Å². The van der Waals surface area contributed by atoms with Crippen molar-refractivity contribution in [2.45, 2.75) is 12.6 Å². The zero-order chi connectivity index (χ0) is 18.6. The number of nitrogens with one attached hydrogen (secondary N) is 2. The molecule has 0 saturated heterocycles. The van der Waals surface area contributed by atoms with Gasteiger partial charge < -0.3 is 5.73 Å². The number of carbonyl (C=O) groups is 2. The summed E-state index contributed by atoms with van der Waals surface area (Å²) in [5.41, 5.74) is 8.38. The molecular weight excluding hydrogens is 405 g/mol. The molecule has 0 saturated carbocycles. The van der Waals surface area contributed by atoms with Crippen LogP contribution >= 0.6 is 15.9 Å². The number of carbonyl (C=O) groups excluding carboxylic acids is 2. The highest BCUT2D eigenvalue weighted by molar-refractivity contribution is 9.10. The Labute approximate surface area is 148 Å². The fourth-order valence-corrected chi connectivity index (χ4v) is 2.41. The van der Waals surface area contributed by atoms with E-state index in [0.29, 0.717) is 6.07 Å². The minimum Gasteiger partial charge on any atom is -0.397 e. The fourth-order valence-electron chi connectivity index (χ4n) is 1.90. The Morgan fingerprint density at radius 2 is 1.80 bits per heavy atom. The molecule has 0 aliphatic heterocycles. The summed E-state index contributed by atoms with van der Waals surface area (Å²) in [5, 5.41) is 0. The zero-order valence-electron chi connectivity index (χ0n) is 12.5. The monoisotopic (exact) mass is 416 g/mol. The average molecular weight is 417 g/mol. The molecule has 0 radical (unpaired) electrons. The second kappa shape index (κ2) is 7.51. The maximum absolute atomic E-state index is 12.7. The standard InChI is InChI=1S/C15H12BrF3N4O2/c16-13-9(15(17,18)19)7-10(20)12(21-13)14(25)23-22-11(24)6-8-4-2-1-3-5-8/h1-5,7H,6,20H2,(H,22,24)(H,23,25). The van der Waals surface area contributed by atoms with Gasteiger partial charge in [0.25, 0.3) is 5.91 Å². The lowest BCUT2D eigenvalue weighted by Crippen LogP contribution is -2.43. The Bertz CT molecular complexity index is 797. The van der Waals surface area contributed by atoms with Crippen LogP contribution in [0.25, 0.3) is 0 Å². The van der Waals surface area contributed by atoms with Gasteiger partial charge in [-0.15, -0.1) is 0 Å². The van der Waals surface area contributed by atoms with E-state index in [9.17, 15) is 22.8 Å². The van der Waals surface area contributed by atoms with Gasteiger partial charge in [-0.05, 0) is 27.6 Å². The van der Waals surface area contributed by atoms with E-state index in [1.54, 1.807) is 30.3 Å². The summed E-state index contributed by atoms with van der Waals surface area (Å²) < 4.78 is 37.6. The van der Waals surface area contributed by atoms with Gasteiger partial charge in [0.1, 0.15) is 4.60 Å². The number of pyridine rings is 1. The third kappa shape index (κ3) is 4.92. The van der Waals surface area contributed by atoms with Crippen LogP contribution in [0.5, 0.6) is 0 Å². The number of nitrogens with zero attached hydrogens (tertiary/aromatic N) is 1. The van der Waals surface area contributed by atoms with Crippen LogP contribution in [0.4, 0.5) is 18.9 Å². The van der Waals surface area contributed by atoms with Gasteiger partial charge in [0, 0.05) is 0 Å². The maximum atomic E-state index is 12.7. The molecule has 0 spiro atoms. The topological polar surface area (TPSA) is 97.1 Å². The molecule has 25 heavy (non-hydrogen) atoms. The summed E-state index contributed by atoms with van der Waals surface area (Å²) in [7, 11) is 0. The van der Waals surface area contributed by atoms with Gasteiger partial charge in [-0.2, -0.15) is 13.2 Å². The second-order valence-electron chi connectivity index (χ2n) is 4.93. The Morgan fingerprint density at radius 1 is 1.16 bits per heavy atom. The van der Waals surface area contributed by atoms with Crippen LogP contribution in [0.15, 0.2) is 41.0 Å². The second-order valence-corrected chi connectivity index (χ2v) is 5.68. The molecule has 6 nitrogen and oxygen atoms in total. The summed E-state index contributed by atoms with van der Waals surface area (Å²) in [6, 6.07) is 9.36. The third-order valence-electron chi connectivity index (χ3n) is 3.05. The van der Waals surface area contributed by atoms with Gasteiger partial charge in [-0.3, -0.25) is 20.4 Å². The molecule has 0 aliphatic rings. The Kier molecular flexibility index (Phi) is 5.62. The van der Waals surface area contributed by atoms with E-state index in [1.807, 2.05) is 0 Å². The van der Waals surface area contributed by atoms with Crippen LogP contribution in [-0.4, -0.2) is 16.8 Å². The van der Waals surface area contributed by atoms with E-state index < -0.39 is 39.5 Å². The lowest BCUT2D eigenvalue weighted by Gasteiger charge is -2.13. The molecule has 132 valence electrons. The first-order valence-electron chi connectivity index (χ1n) is 6.85. The highest BCUT2D eigenvalue weighted by atomic mass is 79.9. The number of nitrogen functional groups attached to an aromatic ring is 1. The first kappa shape index (κ1) is 18.7. The highest BCUT2D eigenvalue weighted by Crippen LogP contribution is 2.35. The maximum Gasteiger partial charge on any atom is 0.419 e. The molecule has 0 aliphatic carbocycles. The molecule has 0 unspecified atom stereocenters. The van der Waals surface area contributed by atoms with E-state index in [1.165, 1.54) is 0 Å². The Morgan fingerprint density at radius 3 is 2.40 bits per heavy atom. The Hall–Kier alpha value is -2.62. The summed E-state index contributed by atoms with van der Waals surface area (Å²) in [6.45, 7) is 0. The molecule has 2 amide bonds. The predicted octanol–water partition coefficient (Wildman–Crippen LogP) is 2.45. The fraction of sp³-hybridized carbons (Fsp3) is 0.133. The van der Waals surface area contributed by atoms with E-state index in [0.717, 1.165) is 5.56 Å². The Balaban J connectivity index is 2.04. The zero-order valence-corrected chi connectivity index (χ0v) is 14.1. The summed E-state index contributed by atoms with van der Waals surface area (Å²) in [5.74, 6) is -1.45. The number of halogens is 4. The molecule has 2 aromatic rings. The number of hydrogen-bond acceptors (Lipinski definition) is 4. The molecule has 0 bridgehead atoms. The molecule has 1 heterocycles. The van der Waals surface area contributed by atoms with Gasteiger partial charge in [-0.25, -0.2) is 4.98 Å². The van der Waals surface area contributed by atoms with Crippen LogP contribution in [-0.2, 0) is 17.4 Å². The van der Waals surface area contributed by atoms with Crippen LogP contribution in [0.3, 0.4) is 0 Å². The number of benzene rings is 1. The quantitative estimate of drug-likeness (QED) is 0.528. The third-order valence-corrected chi connectivity index (χ3v) is 3.65. The minimum atomic E-state index is -4.67. The van der Waals surface area contributed by atoms with Crippen molar-refractivity contribution in [3.63, 3.8) is 0 Å². The SMILES string of the molecule is Nc1cc(C(F)(F)F)c(Br)nc1C(=O)NNC(=O)Cc1ccccc1. The van der Waals surface area contributed by atoms with Crippen molar-refractivity contribution in [1.29, 1.82) is 0 Å². The molecular formula is C15H12BrF3N4O2. The van der Waals surface area contributed by atoms with Gasteiger partial charge in [0.05, 0.1) is 17.7 Å². The smallest absolute Gasteiger partial charge is 0.397 e. The van der Waals surface area contributed by atoms with Crippen molar-refractivity contribution in [2.24, 2.45) is 0 Å².